The highest BCUT2D eigenvalue weighted by atomic mass is 79.9. The van der Waals surface area contributed by atoms with Gasteiger partial charge in [-0.3, -0.25) is 9.59 Å². The molecule has 0 spiro atoms. The van der Waals surface area contributed by atoms with Crippen molar-refractivity contribution in [3.05, 3.63) is 34.3 Å². The van der Waals surface area contributed by atoms with Crippen molar-refractivity contribution in [3.63, 3.8) is 0 Å². The predicted octanol–water partition coefficient (Wildman–Crippen LogP) is 1.19. The van der Waals surface area contributed by atoms with Gasteiger partial charge in [-0.25, -0.2) is 13.2 Å². The summed E-state index contributed by atoms with van der Waals surface area (Å²) >= 11 is 3.26. The van der Waals surface area contributed by atoms with E-state index in [4.69, 9.17) is 4.74 Å². The van der Waals surface area contributed by atoms with Crippen LogP contribution in [0.15, 0.2) is 28.7 Å². The zero-order chi connectivity index (χ0) is 20.9. The van der Waals surface area contributed by atoms with Gasteiger partial charge in [0.25, 0.3) is 11.8 Å². The molecular weight excluding hydrogens is 452 g/mol. The molecular formula is C18H23BrN2O6S. The number of sulfone groups is 1. The van der Waals surface area contributed by atoms with Gasteiger partial charge in [0.1, 0.15) is 15.9 Å². The van der Waals surface area contributed by atoms with E-state index in [2.05, 4.69) is 26.6 Å². The number of esters is 1. The van der Waals surface area contributed by atoms with Crippen LogP contribution in [0.25, 0.3) is 0 Å². The Labute approximate surface area is 172 Å². The standard InChI is InChI=1S/C18H23BrN2O6S/c1-11(16(22)20-12-7-8-12)27-18(24)15(9-10-28(2,25)26)21-17(23)13-5-3-4-6-14(13)19/h3-6,11-12,15H,7-10H2,1-2H3,(H,20,22)(H,21,23)/t11-,15-/m1/s1. The number of carbonyl (C=O) groups is 3. The van der Waals surface area contributed by atoms with Crippen LogP contribution >= 0.6 is 15.9 Å². The van der Waals surface area contributed by atoms with Crippen molar-refractivity contribution in [2.75, 3.05) is 12.0 Å². The van der Waals surface area contributed by atoms with Crippen molar-refractivity contribution in [2.24, 2.45) is 0 Å². The fourth-order valence-electron chi connectivity index (χ4n) is 2.32. The number of ether oxygens (including phenoxy) is 1. The molecule has 2 rings (SSSR count). The van der Waals surface area contributed by atoms with Gasteiger partial charge in [-0.1, -0.05) is 12.1 Å². The molecule has 1 aliphatic rings. The summed E-state index contributed by atoms with van der Waals surface area (Å²) in [5, 5.41) is 5.23. The molecule has 0 bridgehead atoms. The summed E-state index contributed by atoms with van der Waals surface area (Å²) in [7, 11) is -3.36. The van der Waals surface area contributed by atoms with E-state index in [1.165, 1.54) is 6.92 Å². The molecule has 154 valence electrons. The minimum Gasteiger partial charge on any atom is -0.451 e. The third-order valence-corrected chi connectivity index (χ3v) is 5.74. The Bertz CT molecular complexity index is 853. The van der Waals surface area contributed by atoms with Gasteiger partial charge in [0.05, 0.1) is 11.3 Å². The van der Waals surface area contributed by atoms with Crippen LogP contribution in [-0.4, -0.2) is 56.4 Å². The van der Waals surface area contributed by atoms with Gasteiger partial charge in [0.15, 0.2) is 6.10 Å². The van der Waals surface area contributed by atoms with Crippen molar-refractivity contribution < 1.29 is 27.5 Å². The lowest BCUT2D eigenvalue weighted by Gasteiger charge is -2.20. The molecule has 1 aromatic carbocycles. The summed E-state index contributed by atoms with van der Waals surface area (Å²) in [4.78, 5) is 37.0. The number of hydrogen-bond acceptors (Lipinski definition) is 6. The van der Waals surface area contributed by atoms with Crippen LogP contribution in [0.1, 0.15) is 36.5 Å². The molecule has 0 heterocycles. The molecule has 0 unspecified atom stereocenters. The van der Waals surface area contributed by atoms with Crippen LogP contribution in [0, 0.1) is 0 Å². The summed E-state index contributed by atoms with van der Waals surface area (Å²) in [6.07, 6.45) is 1.62. The zero-order valence-corrected chi connectivity index (χ0v) is 18.0. The first-order valence-corrected chi connectivity index (χ1v) is 11.7. The SMILES string of the molecule is C[C@@H](OC(=O)[C@@H](CCS(C)(=O)=O)NC(=O)c1ccccc1Br)C(=O)NC1CC1. The number of amides is 2. The van der Waals surface area contributed by atoms with Crippen molar-refractivity contribution in [1.29, 1.82) is 0 Å². The second kappa shape index (κ2) is 9.51. The lowest BCUT2D eigenvalue weighted by molar-refractivity contribution is -0.156. The molecule has 1 aromatic rings. The molecule has 1 aliphatic carbocycles. The number of hydrogen-bond donors (Lipinski definition) is 2. The Balaban J connectivity index is 2.06. The summed E-state index contributed by atoms with van der Waals surface area (Å²) in [6.45, 7) is 1.43. The van der Waals surface area contributed by atoms with Crippen LogP contribution in [0.3, 0.4) is 0 Å². The van der Waals surface area contributed by atoms with Gasteiger partial charge in [0, 0.05) is 16.8 Å². The van der Waals surface area contributed by atoms with Gasteiger partial charge >= 0.3 is 5.97 Å². The predicted molar refractivity (Wildman–Crippen MR) is 106 cm³/mol. The van der Waals surface area contributed by atoms with E-state index in [1.807, 2.05) is 0 Å². The molecule has 10 heteroatoms. The first kappa shape index (κ1) is 22.4. The lowest BCUT2D eigenvalue weighted by Crippen LogP contribution is -2.46. The highest BCUT2D eigenvalue weighted by molar-refractivity contribution is 9.10. The molecule has 0 saturated heterocycles. The minimum atomic E-state index is -3.36. The van der Waals surface area contributed by atoms with Crippen molar-refractivity contribution in [1.82, 2.24) is 10.6 Å². The summed E-state index contributed by atoms with van der Waals surface area (Å²) in [6, 6.07) is 5.53. The summed E-state index contributed by atoms with van der Waals surface area (Å²) < 4.78 is 28.7. The maximum atomic E-state index is 12.5. The minimum absolute atomic E-state index is 0.116. The van der Waals surface area contributed by atoms with Gasteiger partial charge in [-0.05, 0) is 54.2 Å². The molecule has 1 saturated carbocycles. The first-order valence-electron chi connectivity index (χ1n) is 8.81. The van der Waals surface area contributed by atoms with Crippen molar-refractivity contribution in [3.8, 4) is 0 Å². The summed E-state index contributed by atoms with van der Waals surface area (Å²) in [5.74, 6) is -2.15. The molecule has 2 atom stereocenters. The Morgan fingerprint density at radius 3 is 2.46 bits per heavy atom. The maximum absolute atomic E-state index is 12.5. The van der Waals surface area contributed by atoms with E-state index in [9.17, 15) is 22.8 Å². The third kappa shape index (κ3) is 7.23. The van der Waals surface area contributed by atoms with Gasteiger partial charge in [-0.2, -0.15) is 0 Å². The monoisotopic (exact) mass is 474 g/mol. The first-order chi connectivity index (χ1) is 13.1. The summed E-state index contributed by atoms with van der Waals surface area (Å²) in [5.41, 5.74) is 0.291. The van der Waals surface area contributed by atoms with Crippen LogP contribution in [-0.2, 0) is 24.2 Å². The van der Waals surface area contributed by atoms with E-state index in [0.29, 0.717) is 10.0 Å². The van der Waals surface area contributed by atoms with E-state index >= 15 is 0 Å². The Kier molecular flexibility index (Phi) is 7.59. The highest BCUT2D eigenvalue weighted by Crippen LogP contribution is 2.19. The number of rotatable bonds is 9. The number of halogens is 1. The fraction of sp³-hybridized carbons (Fsp3) is 0.500. The average molecular weight is 475 g/mol. The topological polar surface area (TPSA) is 119 Å². The maximum Gasteiger partial charge on any atom is 0.329 e. The van der Waals surface area contributed by atoms with E-state index in [-0.39, 0.29) is 18.2 Å². The fourth-order valence-corrected chi connectivity index (χ4v) is 3.45. The molecule has 28 heavy (non-hydrogen) atoms. The molecule has 2 N–H and O–H groups in total. The Hall–Kier alpha value is -1.94. The van der Waals surface area contributed by atoms with Crippen molar-refractivity contribution in [2.45, 2.75) is 44.4 Å². The second-order valence-corrected chi connectivity index (χ2v) is 9.90. The largest absolute Gasteiger partial charge is 0.451 e. The molecule has 1 fully saturated rings. The second-order valence-electron chi connectivity index (χ2n) is 6.79. The quantitative estimate of drug-likeness (QED) is 0.518. The van der Waals surface area contributed by atoms with Crippen LogP contribution in [0.4, 0.5) is 0 Å². The van der Waals surface area contributed by atoms with E-state index in [0.717, 1.165) is 19.1 Å². The van der Waals surface area contributed by atoms with Gasteiger partial charge in [-0.15, -0.1) is 0 Å². The Morgan fingerprint density at radius 1 is 1.25 bits per heavy atom. The number of carbonyl (C=O) groups excluding carboxylic acids is 3. The lowest BCUT2D eigenvalue weighted by atomic mass is 10.1. The highest BCUT2D eigenvalue weighted by Gasteiger charge is 2.30. The third-order valence-electron chi connectivity index (χ3n) is 4.07. The zero-order valence-electron chi connectivity index (χ0n) is 15.6. The molecule has 0 radical (unpaired) electrons. The van der Waals surface area contributed by atoms with Crippen molar-refractivity contribution >= 4 is 43.6 Å². The van der Waals surface area contributed by atoms with Gasteiger partial charge < -0.3 is 15.4 Å². The molecule has 8 nitrogen and oxygen atoms in total. The normalized spacial score (nSPS) is 16.0. The van der Waals surface area contributed by atoms with Crippen LogP contribution in [0.2, 0.25) is 0 Å². The Morgan fingerprint density at radius 2 is 1.89 bits per heavy atom. The van der Waals surface area contributed by atoms with Crippen LogP contribution < -0.4 is 10.6 Å². The van der Waals surface area contributed by atoms with E-state index in [1.54, 1.807) is 24.3 Å². The number of nitrogens with one attached hydrogen (secondary N) is 2. The molecule has 0 aromatic heterocycles. The molecule has 2 amide bonds. The smallest absolute Gasteiger partial charge is 0.329 e. The van der Waals surface area contributed by atoms with Crippen LogP contribution in [0.5, 0.6) is 0 Å². The molecule has 0 aliphatic heterocycles. The number of benzene rings is 1. The van der Waals surface area contributed by atoms with Gasteiger partial charge in [0.2, 0.25) is 0 Å². The average Bonchev–Trinajstić information content (AvgIpc) is 3.41. The van der Waals surface area contributed by atoms with E-state index < -0.39 is 39.8 Å².